The summed E-state index contributed by atoms with van der Waals surface area (Å²) in [6.07, 6.45) is 0.729. The third-order valence-corrected chi connectivity index (χ3v) is 5.29. The average Bonchev–Trinajstić information content (AvgIpc) is 2.44. The summed E-state index contributed by atoms with van der Waals surface area (Å²) >= 11 is 0. The fraction of sp³-hybridized carbons (Fsp3) is 0.538. The maximum absolute atomic E-state index is 12.5. The molecule has 0 amide bonds. The van der Waals surface area contributed by atoms with Gasteiger partial charge in [-0.1, -0.05) is 13.0 Å². The molecule has 0 aliphatic carbocycles. The van der Waals surface area contributed by atoms with E-state index in [9.17, 15) is 8.42 Å². The molecule has 1 N–H and O–H groups in total. The van der Waals surface area contributed by atoms with E-state index in [-0.39, 0.29) is 23.3 Å². The van der Waals surface area contributed by atoms with Gasteiger partial charge in [-0.2, -0.15) is 4.31 Å². The summed E-state index contributed by atoms with van der Waals surface area (Å²) in [6.45, 7) is 3.63. The van der Waals surface area contributed by atoms with Crippen molar-refractivity contribution < 1.29 is 18.3 Å². The van der Waals surface area contributed by atoms with E-state index >= 15 is 0 Å². The Hall–Kier alpha value is -1.11. The van der Waals surface area contributed by atoms with Crippen LogP contribution in [0.15, 0.2) is 23.1 Å². The minimum atomic E-state index is -3.59. The highest BCUT2D eigenvalue weighted by Crippen LogP contribution is 2.28. The number of nitrogens with zero attached hydrogens (tertiary/aromatic N) is 1. The lowest BCUT2D eigenvalue weighted by atomic mass is 10.2. The molecule has 0 spiro atoms. The van der Waals surface area contributed by atoms with E-state index in [1.165, 1.54) is 23.5 Å². The van der Waals surface area contributed by atoms with Crippen LogP contribution in [0.1, 0.15) is 25.8 Å². The van der Waals surface area contributed by atoms with Crippen molar-refractivity contribution >= 4 is 10.0 Å². The van der Waals surface area contributed by atoms with Crippen molar-refractivity contribution in [1.29, 1.82) is 0 Å². The van der Waals surface area contributed by atoms with Gasteiger partial charge >= 0.3 is 0 Å². The van der Waals surface area contributed by atoms with Gasteiger partial charge in [0.15, 0.2) is 0 Å². The van der Waals surface area contributed by atoms with Crippen LogP contribution < -0.4 is 4.74 Å². The molecule has 1 unspecified atom stereocenters. The lowest BCUT2D eigenvalue weighted by molar-refractivity contribution is 0.280. The van der Waals surface area contributed by atoms with Gasteiger partial charge in [0.2, 0.25) is 10.0 Å². The van der Waals surface area contributed by atoms with Gasteiger partial charge in [-0.15, -0.1) is 0 Å². The lowest BCUT2D eigenvalue weighted by Crippen LogP contribution is -2.34. The zero-order valence-corrected chi connectivity index (χ0v) is 12.6. The molecule has 6 heteroatoms. The summed E-state index contributed by atoms with van der Waals surface area (Å²) in [4.78, 5) is 0.120. The third kappa shape index (κ3) is 3.26. The van der Waals surface area contributed by atoms with Gasteiger partial charge in [0.05, 0.1) is 13.7 Å². The summed E-state index contributed by atoms with van der Waals surface area (Å²) in [6, 6.07) is 4.50. The van der Waals surface area contributed by atoms with Gasteiger partial charge in [0, 0.05) is 13.1 Å². The summed E-state index contributed by atoms with van der Waals surface area (Å²) < 4.78 is 31.4. The zero-order chi connectivity index (χ0) is 14.6. The fourth-order valence-electron chi connectivity index (χ4n) is 1.67. The normalized spacial score (nSPS) is 13.6. The molecule has 0 aliphatic heterocycles. The molecule has 0 aliphatic rings. The quantitative estimate of drug-likeness (QED) is 0.863. The number of hydrogen-bond donors (Lipinski definition) is 1. The largest absolute Gasteiger partial charge is 0.495 e. The van der Waals surface area contributed by atoms with E-state index < -0.39 is 10.0 Å². The van der Waals surface area contributed by atoms with Gasteiger partial charge < -0.3 is 9.84 Å². The third-order valence-electron chi connectivity index (χ3n) is 3.28. The van der Waals surface area contributed by atoms with E-state index in [1.807, 2.05) is 13.8 Å². The second kappa shape index (κ2) is 6.36. The predicted octanol–water partition coefficient (Wildman–Crippen LogP) is 1.61. The lowest BCUT2D eigenvalue weighted by Gasteiger charge is -2.24. The SMILES string of the molecule is CCC(C)N(C)S(=O)(=O)c1ccc(CO)cc1OC. The topological polar surface area (TPSA) is 66.8 Å². The van der Waals surface area contributed by atoms with Crippen molar-refractivity contribution in [3.8, 4) is 5.75 Å². The predicted molar refractivity (Wildman–Crippen MR) is 73.6 cm³/mol. The summed E-state index contributed by atoms with van der Waals surface area (Å²) in [5.74, 6) is 0.252. The zero-order valence-electron chi connectivity index (χ0n) is 11.8. The molecule has 1 aromatic rings. The molecule has 19 heavy (non-hydrogen) atoms. The minimum absolute atomic E-state index is 0.0905. The summed E-state index contributed by atoms with van der Waals surface area (Å²) in [7, 11) is -0.617. The van der Waals surface area contributed by atoms with Crippen molar-refractivity contribution in [3.05, 3.63) is 23.8 Å². The first-order chi connectivity index (χ1) is 8.88. The molecule has 0 saturated carbocycles. The highest BCUT2D eigenvalue weighted by molar-refractivity contribution is 7.89. The highest BCUT2D eigenvalue weighted by Gasteiger charge is 2.27. The fourth-order valence-corrected chi connectivity index (χ4v) is 3.24. The molecule has 1 rings (SSSR count). The van der Waals surface area contributed by atoms with Crippen molar-refractivity contribution in [1.82, 2.24) is 4.31 Å². The van der Waals surface area contributed by atoms with Crippen molar-refractivity contribution in [2.45, 2.75) is 37.8 Å². The minimum Gasteiger partial charge on any atom is -0.495 e. The first-order valence-corrected chi connectivity index (χ1v) is 7.58. The van der Waals surface area contributed by atoms with Crippen LogP contribution in [0.2, 0.25) is 0 Å². The maximum atomic E-state index is 12.5. The number of benzene rings is 1. The van der Waals surface area contributed by atoms with E-state index in [4.69, 9.17) is 9.84 Å². The second-order valence-corrected chi connectivity index (χ2v) is 6.39. The number of hydrogen-bond acceptors (Lipinski definition) is 4. The molecule has 1 aromatic carbocycles. The average molecular weight is 287 g/mol. The van der Waals surface area contributed by atoms with E-state index in [0.717, 1.165) is 6.42 Å². The monoisotopic (exact) mass is 287 g/mol. The van der Waals surface area contributed by atoms with Gasteiger partial charge in [-0.3, -0.25) is 0 Å². The molecule has 108 valence electrons. The Morgan fingerprint density at radius 2 is 2.05 bits per heavy atom. The number of ether oxygens (including phenoxy) is 1. The Morgan fingerprint density at radius 1 is 1.42 bits per heavy atom. The van der Waals surface area contributed by atoms with Gasteiger partial charge in [-0.05, 0) is 31.0 Å². The van der Waals surface area contributed by atoms with Crippen LogP contribution in [0, 0.1) is 0 Å². The smallest absolute Gasteiger partial charge is 0.246 e. The Balaban J connectivity index is 3.28. The number of sulfonamides is 1. The number of aliphatic hydroxyl groups excluding tert-OH is 1. The first-order valence-electron chi connectivity index (χ1n) is 6.14. The summed E-state index contributed by atoms with van der Waals surface area (Å²) in [5.41, 5.74) is 0.613. The first kappa shape index (κ1) is 15.9. The van der Waals surface area contributed by atoms with E-state index in [2.05, 4.69) is 0 Å². The maximum Gasteiger partial charge on any atom is 0.246 e. The van der Waals surface area contributed by atoms with Crippen LogP contribution in [0.5, 0.6) is 5.75 Å². The number of methoxy groups -OCH3 is 1. The van der Waals surface area contributed by atoms with Gasteiger partial charge in [-0.25, -0.2) is 8.42 Å². The standard InChI is InChI=1S/C13H21NO4S/c1-5-10(2)14(3)19(16,17)13-7-6-11(9-15)8-12(13)18-4/h6-8,10,15H,5,9H2,1-4H3. The Kier molecular flexibility index (Phi) is 5.34. The van der Waals surface area contributed by atoms with Crippen LogP contribution in [0.4, 0.5) is 0 Å². The molecule has 0 heterocycles. The van der Waals surface area contributed by atoms with Crippen LogP contribution in [-0.2, 0) is 16.6 Å². The Morgan fingerprint density at radius 3 is 2.53 bits per heavy atom. The van der Waals surface area contributed by atoms with Crippen molar-refractivity contribution in [2.75, 3.05) is 14.2 Å². The Bertz CT molecular complexity index is 527. The molecule has 0 aromatic heterocycles. The highest BCUT2D eigenvalue weighted by atomic mass is 32.2. The molecular formula is C13H21NO4S. The second-order valence-electron chi connectivity index (χ2n) is 4.42. The molecule has 1 atom stereocenters. The van der Waals surface area contributed by atoms with Crippen molar-refractivity contribution in [2.24, 2.45) is 0 Å². The van der Waals surface area contributed by atoms with Crippen LogP contribution in [0.3, 0.4) is 0 Å². The number of rotatable bonds is 6. The summed E-state index contributed by atoms with van der Waals surface area (Å²) in [5, 5.41) is 9.07. The molecule has 0 radical (unpaired) electrons. The molecule has 0 bridgehead atoms. The molecule has 5 nitrogen and oxygen atoms in total. The molecule has 0 fully saturated rings. The molecule has 0 saturated heterocycles. The van der Waals surface area contributed by atoms with E-state index in [1.54, 1.807) is 13.1 Å². The van der Waals surface area contributed by atoms with E-state index in [0.29, 0.717) is 5.56 Å². The van der Waals surface area contributed by atoms with Crippen LogP contribution in [-0.4, -0.2) is 38.0 Å². The van der Waals surface area contributed by atoms with Gasteiger partial charge in [0.25, 0.3) is 0 Å². The molecular weight excluding hydrogens is 266 g/mol. The van der Waals surface area contributed by atoms with Crippen LogP contribution in [0.25, 0.3) is 0 Å². The Labute approximate surface area is 114 Å². The number of aliphatic hydroxyl groups is 1. The van der Waals surface area contributed by atoms with Gasteiger partial charge in [0.1, 0.15) is 10.6 Å². The van der Waals surface area contributed by atoms with Crippen molar-refractivity contribution in [3.63, 3.8) is 0 Å². The van der Waals surface area contributed by atoms with Crippen LogP contribution >= 0.6 is 0 Å².